The summed E-state index contributed by atoms with van der Waals surface area (Å²) in [5.74, 6) is 0.0620. The minimum Gasteiger partial charge on any atom is -0.507 e. The van der Waals surface area contributed by atoms with E-state index >= 15 is 0 Å². The maximum absolute atomic E-state index is 13.3. The molecular weight excluding hydrogens is 381 g/mol. The first kappa shape index (κ1) is 21.8. The molecule has 0 aliphatic heterocycles. The van der Waals surface area contributed by atoms with Crippen LogP contribution in [0.25, 0.3) is 0 Å². The van der Waals surface area contributed by atoms with Gasteiger partial charge in [0.25, 0.3) is 0 Å². The molecule has 0 unspecified atom stereocenters. The number of carbonyl (C=O) groups excluding carboxylic acids is 1. The van der Waals surface area contributed by atoms with Crippen LogP contribution in [0.4, 0.5) is 0 Å². The van der Waals surface area contributed by atoms with Crippen LogP contribution >= 0.6 is 23.2 Å². The average Bonchev–Trinajstić information content (AvgIpc) is 2.81. The van der Waals surface area contributed by atoms with Crippen LogP contribution in [0.15, 0.2) is 18.3 Å². The number of phenolic OH excluding ortho intramolecular Hbond substituents is 1. The van der Waals surface area contributed by atoms with E-state index in [1.165, 1.54) is 0 Å². The van der Waals surface area contributed by atoms with E-state index in [0.717, 1.165) is 17.5 Å². The van der Waals surface area contributed by atoms with Gasteiger partial charge in [0, 0.05) is 29.4 Å². The van der Waals surface area contributed by atoms with E-state index in [1.807, 2.05) is 48.5 Å². The Labute approximate surface area is 172 Å². The second-order valence-corrected chi connectivity index (χ2v) is 9.83. The highest BCUT2D eigenvalue weighted by molar-refractivity contribution is 6.44. The molecule has 0 amide bonds. The lowest BCUT2D eigenvalue weighted by Crippen LogP contribution is -2.19. The molecule has 1 N–H and O–H groups in total. The number of rotatable bonds is 4. The summed E-state index contributed by atoms with van der Waals surface area (Å²) < 4.78 is 1.80. The Morgan fingerprint density at radius 1 is 1.04 bits per heavy atom. The number of aryl methyl sites for hydroxylation is 1. The van der Waals surface area contributed by atoms with E-state index in [4.69, 9.17) is 23.2 Å². The Bertz CT molecular complexity index is 833. The molecule has 3 nitrogen and oxygen atoms in total. The van der Waals surface area contributed by atoms with Crippen molar-refractivity contribution < 1.29 is 9.90 Å². The summed E-state index contributed by atoms with van der Waals surface area (Å²) in [5.41, 5.74) is 1.77. The number of phenols is 1. The molecule has 0 aliphatic carbocycles. The summed E-state index contributed by atoms with van der Waals surface area (Å²) in [6, 6.07) is 3.54. The van der Waals surface area contributed by atoms with Gasteiger partial charge in [-0.25, -0.2) is 0 Å². The summed E-state index contributed by atoms with van der Waals surface area (Å²) in [6.07, 6.45) is 2.61. The van der Waals surface area contributed by atoms with E-state index < -0.39 is 0 Å². The van der Waals surface area contributed by atoms with Crippen LogP contribution in [0.2, 0.25) is 10.2 Å². The van der Waals surface area contributed by atoms with Gasteiger partial charge < -0.3 is 9.67 Å². The van der Waals surface area contributed by atoms with Gasteiger partial charge in [0.2, 0.25) is 0 Å². The Morgan fingerprint density at radius 2 is 1.52 bits per heavy atom. The van der Waals surface area contributed by atoms with Crippen molar-refractivity contribution in [2.75, 3.05) is 0 Å². The van der Waals surface area contributed by atoms with Gasteiger partial charge in [-0.3, -0.25) is 4.79 Å². The summed E-state index contributed by atoms with van der Waals surface area (Å²) >= 11 is 12.7. The van der Waals surface area contributed by atoms with Crippen molar-refractivity contribution in [3.05, 3.63) is 50.8 Å². The largest absolute Gasteiger partial charge is 0.507 e. The summed E-state index contributed by atoms with van der Waals surface area (Å²) in [7, 11) is 0. The van der Waals surface area contributed by atoms with Gasteiger partial charge in [-0.1, -0.05) is 71.7 Å². The predicted molar refractivity (Wildman–Crippen MR) is 114 cm³/mol. The molecule has 1 aromatic carbocycles. The van der Waals surface area contributed by atoms with Gasteiger partial charge in [0.05, 0.1) is 10.6 Å². The van der Waals surface area contributed by atoms with Crippen molar-refractivity contribution >= 4 is 29.0 Å². The third-order valence-electron chi connectivity index (χ3n) is 4.65. The average molecular weight is 410 g/mol. The molecule has 0 fully saturated rings. The molecule has 0 bridgehead atoms. The van der Waals surface area contributed by atoms with Crippen molar-refractivity contribution in [1.29, 1.82) is 0 Å². The molecule has 0 radical (unpaired) electrons. The van der Waals surface area contributed by atoms with Crippen LogP contribution in [0.1, 0.15) is 81.9 Å². The SMILES string of the molecule is CCCn1cc(C(=O)c2cc(C(C)(C)C)c(O)c(C(C)(C)C)c2)c(Cl)c1Cl. The maximum Gasteiger partial charge on any atom is 0.196 e. The highest BCUT2D eigenvalue weighted by Gasteiger charge is 2.29. The molecule has 0 spiro atoms. The normalized spacial score (nSPS) is 12.5. The van der Waals surface area contributed by atoms with Crippen LogP contribution in [-0.2, 0) is 17.4 Å². The molecule has 0 saturated heterocycles. The molecule has 0 atom stereocenters. The van der Waals surface area contributed by atoms with Crippen molar-refractivity contribution in [2.24, 2.45) is 0 Å². The lowest BCUT2D eigenvalue weighted by Gasteiger charge is -2.28. The number of aromatic nitrogens is 1. The van der Waals surface area contributed by atoms with Crippen molar-refractivity contribution in [3.63, 3.8) is 0 Å². The molecule has 1 heterocycles. The fraction of sp³-hybridized carbons (Fsp3) is 0.500. The van der Waals surface area contributed by atoms with Gasteiger partial charge in [-0.2, -0.15) is 0 Å². The van der Waals surface area contributed by atoms with Gasteiger partial charge in [0.1, 0.15) is 10.9 Å². The molecule has 2 aromatic rings. The van der Waals surface area contributed by atoms with Crippen LogP contribution in [-0.4, -0.2) is 15.5 Å². The Hall–Kier alpha value is -1.45. The molecule has 0 saturated carbocycles. The van der Waals surface area contributed by atoms with Gasteiger partial charge in [-0.05, 0) is 29.4 Å². The Balaban J connectivity index is 2.68. The van der Waals surface area contributed by atoms with Gasteiger partial charge in [0.15, 0.2) is 5.78 Å². The van der Waals surface area contributed by atoms with E-state index in [9.17, 15) is 9.90 Å². The van der Waals surface area contributed by atoms with E-state index in [-0.39, 0.29) is 27.4 Å². The Morgan fingerprint density at radius 3 is 1.93 bits per heavy atom. The van der Waals surface area contributed by atoms with Crippen LogP contribution in [0.3, 0.4) is 0 Å². The monoisotopic (exact) mass is 409 g/mol. The molecule has 2 rings (SSSR count). The standard InChI is InChI=1S/C22H29Cl2NO2/c1-8-9-25-12-14(17(23)20(25)24)18(26)13-10-15(21(2,3)4)19(27)16(11-13)22(5,6)7/h10-12,27H,8-9H2,1-7H3. The van der Waals surface area contributed by atoms with Crippen LogP contribution in [0.5, 0.6) is 5.75 Å². The summed E-state index contributed by atoms with van der Waals surface area (Å²) in [6.45, 7) is 14.8. The zero-order chi connectivity index (χ0) is 20.7. The third-order valence-corrected chi connectivity index (χ3v) is 5.54. The first-order chi connectivity index (χ1) is 12.3. The number of ketones is 1. The number of carbonyl (C=O) groups is 1. The van der Waals surface area contributed by atoms with E-state index in [2.05, 4.69) is 0 Å². The highest BCUT2D eigenvalue weighted by Crippen LogP contribution is 2.40. The molecule has 5 heteroatoms. The van der Waals surface area contributed by atoms with E-state index in [0.29, 0.717) is 22.8 Å². The van der Waals surface area contributed by atoms with Crippen LogP contribution < -0.4 is 0 Å². The quantitative estimate of drug-likeness (QED) is 0.568. The second-order valence-electron chi connectivity index (χ2n) is 9.09. The number of nitrogens with zero attached hydrogens (tertiary/aromatic N) is 1. The molecule has 0 aliphatic rings. The lowest BCUT2D eigenvalue weighted by molar-refractivity contribution is 0.103. The molecule has 1 aromatic heterocycles. The number of hydrogen-bond donors (Lipinski definition) is 1. The summed E-state index contributed by atoms with van der Waals surface area (Å²) in [5, 5.41) is 11.5. The third kappa shape index (κ3) is 4.35. The highest BCUT2D eigenvalue weighted by atomic mass is 35.5. The minimum atomic E-state index is -0.310. The molecular formula is C22H29Cl2NO2. The molecule has 27 heavy (non-hydrogen) atoms. The minimum absolute atomic E-state index is 0.187. The smallest absolute Gasteiger partial charge is 0.196 e. The zero-order valence-electron chi connectivity index (χ0n) is 17.2. The first-order valence-corrected chi connectivity index (χ1v) is 10.0. The topological polar surface area (TPSA) is 42.2 Å². The Kier molecular flexibility index (Phi) is 6.08. The number of benzene rings is 1. The van der Waals surface area contributed by atoms with Crippen molar-refractivity contribution in [3.8, 4) is 5.75 Å². The first-order valence-electron chi connectivity index (χ1n) is 9.25. The lowest BCUT2D eigenvalue weighted by atomic mass is 9.78. The van der Waals surface area contributed by atoms with Crippen molar-refractivity contribution in [2.45, 2.75) is 72.3 Å². The fourth-order valence-electron chi connectivity index (χ4n) is 3.13. The zero-order valence-corrected chi connectivity index (χ0v) is 18.7. The van der Waals surface area contributed by atoms with Gasteiger partial charge >= 0.3 is 0 Å². The second kappa shape index (κ2) is 7.52. The van der Waals surface area contributed by atoms with Crippen molar-refractivity contribution in [1.82, 2.24) is 4.57 Å². The number of halogens is 2. The molecule has 148 valence electrons. The predicted octanol–water partition coefficient (Wildman–Crippen LogP) is 6.74. The summed E-state index contributed by atoms with van der Waals surface area (Å²) in [4.78, 5) is 13.3. The maximum atomic E-state index is 13.3. The van der Waals surface area contributed by atoms with E-state index in [1.54, 1.807) is 22.9 Å². The van der Waals surface area contributed by atoms with Gasteiger partial charge in [-0.15, -0.1) is 0 Å². The number of hydrogen-bond acceptors (Lipinski definition) is 2. The number of aromatic hydroxyl groups is 1. The fourth-order valence-corrected chi connectivity index (χ4v) is 3.61. The van der Waals surface area contributed by atoms with Crippen LogP contribution in [0, 0.1) is 0 Å².